The van der Waals surface area contributed by atoms with Crippen LogP contribution < -0.4 is 5.32 Å². The van der Waals surface area contributed by atoms with Gasteiger partial charge >= 0.3 is 0 Å². The van der Waals surface area contributed by atoms with Crippen LogP contribution >= 0.6 is 0 Å². The van der Waals surface area contributed by atoms with Crippen molar-refractivity contribution in [3.05, 3.63) is 0 Å². The van der Waals surface area contributed by atoms with E-state index in [2.05, 4.69) is 72.7 Å². The van der Waals surface area contributed by atoms with Crippen molar-refractivity contribution in [2.75, 3.05) is 7.05 Å². The van der Waals surface area contributed by atoms with Gasteiger partial charge in [0.25, 0.3) is 0 Å². The van der Waals surface area contributed by atoms with Crippen LogP contribution in [0.1, 0.15) is 93.9 Å². The van der Waals surface area contributed by atoms with Gasteiger partial charge in [-0.25, -0.2) is 0 Å². The summed E-state index contributed by atoms with van der Waals surface area (Å²) in [5.41, 5.74) is 1.31. The fourth-order valence-corrected chi connectivity index (χ4v) is 7.22. The predicted octanol–water partition coefficient (Wildman–Crippen LogP) is 5.47. The maximum absolute atomic E-state index is 3.91. The van der Waals surface area contributed by atoms with Gasteiger partial charge in [-0.05, 0) is 125 Å². The lowest BCUT2D eigenvalue weighted by molar-refractivity contribution is 0.0646. The molecule has 0 aromatic carbocycles. The van der Waals surface area contributed by atoms with Gasteiger partial charge in [0, 0.05) is 22.2 Å². The van der Waals surface area contributed by atoms with Crippen LogP contribution in [0.4, 0.5) is 0 Å². The Kier molecular flexibility index (Phi) is 4.69. The van der Waals surface area contributed by atoms with Gasteiger partial charge in [-0.15, -0.1) is 0 Å². The monoisotopic (exact) mass is 348 g/mol. The molecule has 1 aliphatic carbocycles. The van der Waals surface area contributed by atoms with Crippen LogP contribution in [0.5, 0.6) is 0 Å². The van der Waals surface area contributed by atoms with Crippen molar-refractivity contribution in [1.82, 2.24) is 10.2 Å². The lowest BCUT2D eigenvalue weighted by Gasteiger charge is -2.44. The summed E-state index contributed by atoms with van der Waals surface area (Å²) < 4.78 is 0. The van der Waals surface area contributed by atoms with E-state index in [0.717, 1.165) is 23.7 Å². The summed E-state index contributed by atoms with van der Waals surface area (Å²) in [7, 11) is 2.35. The van der Waals surface area contributed by atoms with E-state index in [9.17, 15) is 0 Å². The summed E-state index contributed by atoms with van der Waals surface area (Å²) >= 11 is 0. The summed E-state index contributed by atoms with van der Waals surface area (Å²) in [6.45, 7) is 19.5. The highest BCUT2D eigenvalue weighted by atomic mass is 15.3. The molecule has 3 fully saturated rings. The Hall–Kier alpha value is -0.0800. The molecule has 0 spiro atoms. The van der Waals surface area contributed by atoms with Crippen LogP contribution in [0.25, 0.3) is 0 Å². The second-order valence-corrected chi connectivity index (χ2v) is 12.1. The quantitative estimate of drug-likeness (QED) is 0.712. The van der Waals surface area contributed by atoms with E-state index < -0.39 is 0 Å². The standard InChI is InChI=1S/C23H44N2/c1-20(2)14-18(22(5,6)24-20)16-10-12-17(13-11-16)19-15-21(3,4)25(9)23(19,7)8/h16-19,24H,10-15H2,1-9H3. The SMILES string of the molecule is CN1C(C)(C)CC(C2CCC(C3CC(C)(C)NC3(C)C)CC2)C1(C)C. The van der Waals surface area contributed by atoms with Crippen LogP contribution in [-0.2, 0) is 0 Å². The third-order valence-electron chi connectivity index (χ3n) is 8.67. The van der Waals surface area contributed by atoms with Gasteiger partial charge in [-0.3, -0.25) is 4.90 Å². The molecule has 2 atom stereocenters. The minimum Gasteiger partial charge on any atom is -0.307 e. The van der Waals surface area contributed by atoms with E-state index in [1.807, 2.05) is 0 Å². The van der Waals surface area contributed by atoms with Crippen molar-refractivity contribution >= 4 is 0 Å². The van der Waals surface area contributed by atoms with Crippen molar-refractivity contribution in [2.24, 2.45) is 23.7 Å². The molecule has 25 heavy (non-hydrogen) atoms. The number of rotatable bonds is 2. The second kappa shape index (κ2) is 5.96. The lowest BCUT2D eigenvalue weighted by atomic mass is 9.64. The van der Waals surface area contributed by atoms with Gasteiger partial charge in [0.1, 0.15) is 0 Å². The molecule has 1 saturated carbocycles. The summed E-state index contributed by atoms with van der Waals surface area (Å²) in [4.78, 5) is 2.66. The van der Waals surface area contributed by atoms with Gasteiger partial charge in [-0.2, -0.15) is 0 Å². The minimum atomic E-state index is 0.301. The van der Waals surface area contributed by atoms with Crippen molar-refractivity contribution < 1.29 is 0 Å². The molecule has 2 aliphatic heterocycles. The number of likely N-dealkylation sites (tertiary alicyclic amines) is 1. The highest BCUT2D eigenvalue weighted by Gasteiger charge is 2.53. The van der Waals surface area contributed by atoms with Gasteiger partial charge < -0.3 is 5.32 Å². The molecule has 0 amide bonds. The Morgan fingerprint density at radius 1 is 0.720 bits per heavy atom. The van der Waals surface area contributed by atoms with E-state index in [4.69, 9.17) is 0 Å². The number of nitrogens with one attached hydrogen (secondary N) is 1. The zero-order valence-corrected chi connectivity index (χ0v) is 18.5. The van der Waals surface area contributed by atoms with E-state index in [1.54, 1.807) is 0 Å². The first kappa shape index (κ1) is 19.7. The topological polar surface area (TPSA) is 15.3 Å². The molecule has 0 aromatic rings. The normalized spacial score (nSPS) is 42.6. The van der Waals surface area contributed by atoms with E-state index in [-0.39, 0.29) is 0 Å². The largest absolute Gasteiger partial charge is 0.307 e. The van der Waals surface area contributed by atoms with Crippen LogP contribution in [0.2, 0.25) is 0 Å². The van der Waals surface area contributed by atoms with Gasteiger partial charge in [0.15, 0.2) is 0 Å². The molecular weight excluding hydrogens is 304 g/mol. The molecule has 0 bridgehead atoms. The fraction of sp³-hybridized carbons (Fsp3) is 1.00. The second-order valence-electron chi connectivity index (χ2n) is 12.1. The molecule has 146 valence electrons. The van der Waals surface area contributed by atoms with E-state index in [1.165, 1.54) is 38.5 Å². The smallest absolute Gasteiger partial charge is 0.0186 e. The molecule has 2 saturated heterocycles. The maximum atomic E-state index is 3.91. The maximum Gasteiger partial charge on any atom is 0.0186 e. The zero-order valence-electron chi connectivity index (χ0n) is 18.5. The van der Waals surface area contributed by atoms with Crippen LogP contribution in [-0.4, -0.2) is 34.1 Å². The van der Waals surface area contributed by atoms with Crippen LogP contribution in [0, 0.1) is 23.7 Å². The predicted molar refractivity (Wildman–Crippen MR) is 109 cm³/mol. The van der Waals surface area contributed by atoms with Crippen molar-refractivity contribution in [3.8, 4) is 0 Å². The Labute approximate surface area is 157 Å². The summed E-state index contributed by atoms with van der Waals surface area (Å²) in [5.74, 6) is 3.57. The third-order valence-corrected chi connectivity index (χ3v) is 8.67. The average Bonchev–Trinajstić information content (AvgIpc) is 2.80. The van der Waals surface area contributed by atoms with Crippen molar-refractivity contribution in [2.45, 2.75) is 116 Å². The molecule has 3 rings (SSSR count). The first-order chi connectivity index (χ1) is 11.3. The molecule has 2 nitrogen and oxygen atoms in total. The van der Waals surface area contributed by atoms with Gasteiger partial charge in [0.2, 0.25) is 0 Å². The summed E-state index contributed by atoms with van der Waals surface area (Å²) in [6.07, 6.45) is 8.53. The lowest BCUT2D eigenvalue weighted by Crippen LogP contribution is -2.48. The average molecular weight is 349 g/mol. The number of hydrogen-bond acceptors (Lipinski definition) is 2. The Morgan fingerprint density at radius 2 is 1.20 bits per heavy atom. The first-order valence-corrected chi connectivity index (χ1v) is 10.8. The Bertz CT molecular complexity index is 494. The van der Waals surface area contributed by atoms with Gasteiger partial charge in [0.05, 0.1) is 0 Å². The third kappa shape index (κ3) is 3.43. The molecule has 0 radical (unpaired) electrons. The molecule has 2 heteroatoms. The highest BCUT2D eigenvalue weighted by molar-refractivity contribution is 5.08. The molecule has 2 heterocycles. The van der Waals surface area contributed by atoms with E-state index in [0.29, 0.717) is 22.2 Å². The summed E-state index contributed by atoms with van der Waals surface area (Å²) in [6, 6.07) is 0. The number of hydrogen-bond donors (Lipinski definition) is 1. The van der Waals surface area contributed by atoms with Crippen molar-refractivity contribution in [1.29, 1.82) is 0 Å². The highest BCUT2D eigenvalue weighted by Crippen LogP contribution is 2.53. The zero-order chi connectivity index (χ0) is 18.8. The molecule has 0 aromatic heterocycles. The van der Waals surface area contributed by atoms with Gasteiger partial charge in [-0.1, -0.05) is 0 Å². The Morgan fingerprint density at radius 3 is 1.56 bits per heavy atom. The van der Waals surface area contributed by atoms with E-state index >= 15 is 0 Å². The van der Waals surface area contributed by atoms with Crippen molar-refractivity contribution in [3.63, 3.8) is 0 Å². The summed E-state index contributed by atoms with van der Waals surface area (Å²) in [5, 5.41) is 3.91. The minimum absolute atomic E-state index is 0.301. The molecular formula is C23H44N2. The molecule has 3 aliphatic rings. The van der Waals surface area contributed by atoms with Crippen LogP contribution in [0.15, 0.2) is 0 Å². The number of nitrogens with zero attached hydrogens (tertiary/aromatic N) is 1. The first-order valence-electron chi connectivity index (χ1n) is 10.8. The molecule has 1 N–H and O–H groups in total. The fourth-order valence-electron chi connectivity index (χ4n) is 7.22. The van der Waals surface area contributed by atoms with Crippen LogP contribution in [0.3, 0.4) is 0 Å². The Balaban J connectivity index is 1.65. The molecule has 2 unspecified atom stereocenters.